The number of hydrogen-bond donors (Lipinski definition) is 1. The van der Waals surface area contributed by atoms with E-state index in [-0.39, 0.29) is 5.17 Å². The highest BCUT2D eigenvalue weighted by Gasteiger charge is 2.05. The Morgan fingerprint density at radius 2 is 2.25 bits per heavy atom. The summed E-state index contributed by atoms with van der Waals surface area (Å²) in [5, 5.41) is 11.5. The lowest BCUT2D eigenvalue weighted by Crippen LogP contribution is -1.95. The van der Waals surface area contributed by atoms with Crippen LogP contribution in [0.4, 0.5) is 0 Å². The van der Waals surface area contributed by atoms with Crippen molar-refractivity contribution < 1.29 is 5.21 Å². The van der Waals surface area contributed by atoms with E-state index in [0.29, 0.717) is 0 Å². The molecule has 0 amide bonds. The van der Waals surface area contributed by atoms with Gasteiger partial charge in [0.25, 0.3) is 0 Å². The van der Waals surface area contributed by atoms with E-state index in [9.17, 15) is 0 Å². The van der Waals surface area contributed by atoms with Crippen molar-refractivity contribution in [1.29, 1.82) is 0 Å². The lowest BCUT2D eigenvalue weighted by atomic mass is 10.1. The van der Waals surface area contributed by atoms with Gasteiger partial charge in [-0.25, -0.2) is 0 Å². The normalized spacial score (nSPS) is 11.8. The standard InChI is InChI=1S/C8H7BrClNO/c1-5-6(8(10)11-12)3-2-4-7(5)9/h2-4,12H,1H3/b11-8+. The van der Waals surface area contributed by atoms with Crippen molar-refractivity contribution in [3.05, 3.63) is 33.8 Å². The number of rotatable bonds is 1. The molecule has 0 heterocycles. The molecular formula is C8H7BrClNO. The third kappa shape index (κ3) is 1.79. The monoisotopic (exact) mass is 247 g/mol. The van der Waals surface area contributed by atoms with E-state index in [1.807, 2.05) is 19.1 Å². The van der Waals surface area contributed by atoms with Crippen molar-refractivity contribution >= 4 is 32.7 Å². The summed E-state index contributed by atoms with van der Waals surface area (Å²) in [7, 11) is 0. The first-order valence-corrected chi connectivity index (χ1v) is 4.47. The molecule has 0 aliphatic heterocycles. The van der Waals surface area contributed by atoms with E-state index < -0.39 is 0 Å². The fraction of sp³-hybridized carbons (Fsp3) is 0.125. The molecule has 1 aromatic carbocycles. The summed E-state index contributed by atoms with van der Waals surface area (Å²) in [5.41, 5.74) is 1.69. The molecule has 0 spiro atoms. The Hall–Kier alpha value is -0.540. The van der Waals surface area contributed by atoms with Crippen LogP contribution in [0.1, 0.15) is 11.1 Å². The molecule has 0 radical (unpaired) electrons. The fourth-order valence-corrected chi connectivity index (χ4v) is 1.46. The van der Waals surface area contributed by atoms with Gasteiger partial charge in [0.2, 0.25) is 0 Å². The Bertz CT molecular complexity index is 325. The molecule has 12 heavy (non-hydrogen) atoms. The fourth-order valence-electron chi connectivity index (χ4n) is 0.885. The molecule has 1 aromatic rings. The average molecular weight is 249 g/mol. The van der Waals surface area contributed by atoms with Gasteiger partial charge in [0, 0.05) is 10.0 Å². The summed E-state index contributed by atoms with van der Waals surface area (Å²) in [4.78, 5) is 0. The summed E-state index contributed by atoms with van der Waals surface area (Å²) in [6, 6.07) is 5.53. The second-order valence-corrected chi connectivity index (χ2v) is 3.52. The molecule has 0 unspecified atom stereocenters. The molecule has 0 aliphatic rings. The molecule has 0 saturated heterocycles. The van der Waals surface area contributed by atoms with E-state index >= 15 is 0 Å². The van der Waals surface area contributed by atoms with E-state index in [4.69, 9.17) is 16.8 Å². The van der Waals surface area contributed by atoms with E-state index in [2.05, 4.69) is 21.1 Å². The number of nitrogens with zero attached hydrogens (tertiary/aromatic N) is 1. The molecule has 0 aliphatic carbocycles. The van der Waals surface area contributed by atoms with Gasteiger partial charge in [-0.15, -0.1) is 0 Å². The summed E-state index contributed by atoms with van der Waals surface area (Å²) in [6.45, 7) is 1.90. The quantitative estimate of drug-likeness (QED) is 0.462. The number of benzene rings is 1. The van der Waals surface area contributed by atoms with Gasteiger partial charge in [-0.2, -0.15) is 0 Å². The maximum Gasteiger partial charge on any atom is 0.175 e. The lowest BCUT2D eigenvalue weighted by Gasteiger charge is -2.03. The van der Waals surface area contributed by atoms with Crippen LogP contribution in [0.25, 0.3) is 0 Å². The lowest BCUT2D eigenvalue weighted by molar-refractivity contribution is 0.321. The van der Waals surface area contributed by atoms with Gasteiger partial charge in [-0.3, -0.25) is 0 Å². The van der Waals surface area contributed by atoms with Crippen LogP contribution in [0.15, 0.2) is 27.8 Å². The highest BCUT2D eigenvalue weighted by molar-refractivity contribution is 9.10. The topological polar surface area (TPSA) is 32.6 Å². The van der Waals surface area contributed by atoms with Gasteiger partial charge in [0.15, 0.2) is 5.17 Å². The van der Waals surface area contributed by atoms with Crippen molar-refractivity contribution in [2.75, 3.05) is 0 Å². The highest BCUT2D eigenvalue weighted by Crippen LogP contribution is 2.20. The van der Waals surface area contributed by atoms with Gasteiger partial charge < -0.3 is 5.21 Å². The number of oxime groups is 1. The third-order valence-electron chi connectivity index (χ3n) is 1.58. The van der Waals surface area contributed by atoms with Crippen LogP contribution in [-0.2, 0) is 0 Å². The molecule has 0 atom stereocenters. The van der Waals surface area contributed by atoms with Crippen LogP contribution in [0, 0.1) is 6.92 Å². The van der Waals surface area contributed by atoms with Gasteiger partial charge in [0.1, 0.15) is 0 Å². The number of hydrogen-bond acceptors (Lipinski definition) is 2. The zero-order chi connectivity index (χ0) is 9.14. The van der Waals surface area contributed by atoms with Crippen LogP contribution in [0.2, 0.25) is 0 Å². The maximum absolute atomic E-state index is 8.44. The second kappa shape index (κ2) is 3.92. The Kier molecular flexibility index (Phi) is 3.12. The molecule has 0 saturated carbocycles. The summed E-state index contributed by atoms with van der Waals surface area (Å²) in [5.74, 6) is 0. The molecule has 1 N–H and O–H groups in total. The molecule has 2 nitrogen and oxygen atoms in total. The minimum atomic E-state index is 0.105. The van der Waals surface area contributed by atoms with Gasteiger partial charge in [-0.1, -0.05) is 44.8 Å². The van der Waals surface area contributed by atoms with Crippen LogP contribution in [-0.4, -0.2) is 10.4 Å². The van der Waals surface area contributed by atoms with Crippen molar-refractivity contribution in [3.63, 3.8) is 0 Å². The minimum absolute atomic E-state index is 0.105. The molecule has 4 heteroatoms. The highest BCUT2D eigenvalue weighted by atomic mass is 79.9. The Morgan fingerprint density at radius 3 is 2.83 bits per heavy atom. The summed E-state index contributed by atoms with van der Waals surface area (Å²) >= 11 is 9.00. The van der Waals surface area contributed by atoms with Crippen LogP contribution >= 0.6 is 27.5 Å². The zero-order valence-electron chi connectivity index (χ0n) is 6.38. The van der Waals surface area contributed by atoms with E-state index in [0.717, 1.165) is 15.6 Å². The average Bonchev–Trinajstić information content (AvgIpc) is 2.08. The molecule has 0 fully saturated rings. The van der Waals surface area contributed by atoms with Gasteiger partial charge in [-0.05, 0) is 18.6 Å². The van der Waals surface area contributed by atoms with Crippen molar-refractivity contribution in [1.82, 2.24) is 0 Å². The second-order valence-electron chi connectivity index (χ2n) is 2.30. The van der Waals surface area contributed by atoms with Crippen LogP contribution in [0.3, 0.4) is 0 Å². The van der Waals surface area contributed by atoms with Gasteiger partial charge >= 0.3 is 0 Å². The summed E-state index contributed by atoms with van der Waals surface area (Å²) < 4.78 is 0.946. The molecular weight excluding hydrogens is 241 g/mol. The predicted molar refractivity (Wildman–Crippen MR) is 53.1 cm³/mol. The first kappa shape index (κ1) is 9.55. The molecule has 0 aromatic heterocycles. The van der Waals surface area contributed by atoms with Gasteiger partial charge in [0.05, 0.1) is 0 Å². The third-order valence-corrected chi connectivity index (χ3v) is 2.72. The molecule has 1 rings (SSSR count). The number of halogens is 2. The smallest absolute Gasteiger partial charge is 0.175 e. The Labute approximate surface area is 84.0 Å². The molecule has 0 bridgehead atoms. The van der Waals surface area contributed by atoms with Crippen molar-refractivity contribution in [3.8, 4) is 0 Å². The Morgan fingerprint density at radius 1 is 1.58 bits per heavy atom. The van der Waals surface area contributed by atoms with Crippen molar-refractivity contribution in [2.45, 2.75) is 6.92 Å². The largest absolute Gasteiger partial charge is 0.410 e. The first-order chi connectivity index (χ1) is 5.66. The van der Waals surface area contributed by atoms with Crippen molar-refractivity contribution in [2.24, 2.45) is 5.16 Å². The Balaban J connectivity index is 3.26. The zero-order valence-corrected chi connectivity index (χ0v) is 8.72. The SMILES string of the molecule is Cc1c(Br)cccc1/C(Cl)=N\O. The van der Waals surface area contributed by atoms with Crippen LogP contribution < -0.4 is 0 Å². The molecule has 64 valence electrons. The van der Waals surface area contributed by atoms with Crippen LogP contribution in [0.5, 0.6) is 0 Å². The predicted octanol–water partition coefficient (Wildman–Crippen LogP) is 3.13. The van der Waals surface area contributed by atoms with E-state index in [1.54, 1.807) is 6.07 Å². The summed E-state index contributed by atoms with van der Waals surface area (Å²) in [6.07, 6.45) is 0. The maximum atomic E-state index is 8.44. The first-order valence-electron chi connectivity index (χ1n) is 3.30. The van der Waals surface area contributed by atoms with E-state index in [1.165, 1.54) is 0 Å². The minimum Gasteiger partial charge on any atom is -0.410 e.